The van der Waals surface area contributed by atoms with Crippen molar-refractivity contribution in [3.63, 3.8) is 0 Å². The third kappa shape index (κ3) is 5.78. The van der Waals surface area contributed by atoms with Gasteiger partial charge in [0.25, 0.3) is 0 Å². The SMILES string of the molecule is CC(C)CC(C)N(C)CCS(=O)(=O)c1cc(Cl)ccc1Cl. The molecule has 21 heavy (non-hydrogen) atoms. The summed E-state index contributed by atoms with van der Waals surface area (Å²) in [6, 6.07) is 4.85. The first kappa shape index (κ1) is 18.8. The summed E-state index contributed by atoms with van der Waals surface area (Å²) in [6.45, 7) is 6.90. The molecule has 0 saturated heterocycles. The van der Waals surface area contributed by atoms with Crippen LogP contribution in [-0.4, -0.2) is 38.7 Å². The van der Waals surface area contributed by atoms with Crippen LogP contribution < -0.4 is 0 Å². The Hall–Kier alpha value is -0.290. The van der Waals surface area contributed by atoms with E-state index >= 15 is 0 Å². The molecule has 1 aromatic carbocycles. The van der Waals surface area contributed by atoms with Gasteiger partial charge in [0.15, 0.2) is 9.84 Å². The van der Waals surface area contributed by atoms with Crippen LogP contribution in [0.4, 0.5) is 0 Å². The molecule has 0 aliphatic rings. The van der Waals surface area contributed by atoms with Crippen molar-refractivity contribution < 1.29 is 8.42 Å². The normalized spacial score (nSPS) is 13.9. The van der Waals surface area contributed by atoms with E-state index < -0.39 is 9.84 Å². The minimum Gasteiger partial charge on any atom is -0.303 e. The lowest BCUT2D eigenvalue weighted by Crippen LogP contribution is -2.34. The van der Waals surface area contributed by atoms with Crippen LogP contribution in [0.3, 0.4) is 0 Å². The zero-order valence-electron chi connectivity index (χ0n) is 12.9. The fourth-order valence-corrected chi connectivity index (χ4v) is 4.30. The lowest BCUT2D eigenvalue weighted by molar-refractivity contribution is 0.240. The van der Waals surface area contributed by atoms with Gasteiger partial charge < -0.3 is 4.90 Å². The molecule has 0 spiro atoms. The van der Waals surface area contributed by atoms with Crippen LogP contribution in [0.5, 0.6) is 0 Å². The van der Waals surface area contributed by atoms with Gasteiger partial charge in [0.2, 0.25) is 0 Å². The molecule has 0 aliphatic heterocycles. The summed E-state index contributed by atoms with van der Waals surface area (Å²) in [5.74, 6) is 0.618. The fourth-order valence-electron chi connectivity index (χ4n) is 2.17. The maximum absolute atomic E-state index is 12.4. The molecule has 0 saturated carbocycles. The minimum atomic E-state index is -3.43. The predicted molar refractivity (Wildman–Crippen MR) is 90.1 cm³/mol. The molecule has 0 bridgehead atoms. The molecule has 1 atom stereocenters. The maximum atomic E-state index is 12.4. The van der Waals surface area contributed by atoms with Gasteiger partial charge in [-0.15, -0.1) is 0 Å². The highest BCUT2D eigenvalue weighted by Crippen LogP contribution is 2.26. The van der Waals surface area contributed by atoms with Crippen LogP contribution >= 0.6 is 23.2 Å². The summed E-state index contributed by atoms with van der Waals surface area (Å²) < 4.78 is 24.8. The van der Waals surface area contributed by atoms with Crippen LogP contribution in [0, 0.1) is 5.92 Å². The Bertz CT molecular complexity index is 573. The molecule has 1 aromatic rings. The van der Waals surface area contributed by atoms with E-state index in [-0.39, 0.29) is 15.7 Å². The van der Waals surface area contributed by atoms with Crippen molar-refractivity contribution >= 4 is 33.0 Å². The van der Waals surface area contributed by atoms with Crippen molar-refractivity contribution in [2.24, 2.45) is 5.92 Å². The molecule has 120 valence electrons. The number of benzene rings is 1. The molecule has 0 radical (unpaired) electrons. The zero-order valence-corrected chi connectivity index (χ0v) is 15.3. The van der Waals surface area contributed by atoms with Gasteiger partial charge in [-0.25, -0.2) is 8.42 Å². The van der Waals surface area contributed by atoms with E-state index in [2.05, 4.69) is 25.7 Å². The Balaban J connectivity index is 2.75. The highest BCUT2D eigenvalue weighted by Gasteiger charge is 2.20. The smallest absolute Gasteiger partial charge is 0.181 e. The Morgan fingerprint density at radius 3 is 2.38 bits per heavy atom. The van der Waals surface area contributed by atoms with Crippen molar-refractivity contribution in [1.82, 2.24) is 4.90 Å². The van der Waals surface area contributed by atoms with E-state index in [9.17, 15) is 8.42 Å². The number of hydrogen-bond acceptors (Lipinski definition) is 3. The summed E-state index contributed by atoms with van der Waals surface area (Å²) in [7, 11) is -1.48. The van der Waals surface area contributed by atoms with Gasteiger partial charge in [-0.1, -0.05) is 37.0 Å². The second kappa shape index (κ2) is 7.82. The van der Waals surface area contributed by atoms with E-state index in [1.54, 1.807) is 6.07 Å². The molecule has 3 nitrogen and oxygen atoms in total. The number of nitrogens with zero attached hydrogens (tertiary/aromatic N) is 1. The monoisotopic (exact) mass is 351 g/mol. The molecular weight excluding hydrogens is 329 g/mol. The van der Waals surface area contributed by atoms with E-state index in [1.165, 1.54) is 12.1 Å². The van der Waals surface area contributed by atoms with Crippen LogP contribution in [0.1, 0.15) is 27.2 Å². The topological polar surface area (TPSA) is 37.4 Å². The van der Waals surface area contributed by atoms with Crippen LogP contribution in [0.15, 0.2) is 23.1 Å². The van der Waals surface area contributed by atoms with Gasteiger partial charge in [-0.2, -0.15) is 0 Å². The van der Waals surface area contributed by atoms with E-state index in [1.807, 2.05) is 7.05 Å². The van der Waals surface area contributed by atoms with Gasteiger partial charge in [0, 0.05) is 17.6 Å². The predicted octanol–water partition coefficient (Wildman–Crippen LogP) is 4.13. The van der Waals surface area contributed by atoms with E-state index in [4.69, 9.17) is 23.2 Å². The van der Waals surface area contributed by atoms with Crippen LogP contribution in [-0.2, 0) is 9.84 Å². The largest absolute Gasteiger partial charge is 0.303 e. The van der Waals surface area contributed by atoms with Gasteiger partial charge in [0.05, 0.1) is 15.7 Å². The van der Waals surface area contributed by atoms with Crippen LogP contribution in [0.2, 0.25) is 10.0 Å². The molecule has 0 heterocycles. The Labute approximate surface area is 138 Å². The van der Waals surface area contributed by atoms with Crippen molar-refractivity contribution in [3.05, 3.63) is 28.2 Å². The average Bonchev–Trinajstić information content (AvgIpc) is 2.38. The second-order valence-electron chi connectivity index (χ2n) is 5.85. The number of sulfone groups is 1. The first-order chi connectivity index (χ1) is 9.63. The summed E-state index contributed by atoms with van der Waals surface area (Å²) in [4.78, 5) is 2.18. The first-order valence-electron chi connectivity index (χ1n) is 7.01. The van der Waals surface area contributed by atoms with Crippen molar-refractivity contribution in [2.45, 2.75) is 38.1 Å². The lowest BCUT2D eigenvalue weighted by Gasteiger charge is -2.26. The number of rotatable bonds is 7. The summed E-state index contributed by atoms with van der Waals surface area (Å²) in [5.41, 5.74) is 0. The maximum Gasteiger partial charge on any atom is 0.181 e. The molecule has 0 amide bonds. The molecule has 1 unspecified atom stereocenters. The molecule has 1 rings (SSSR count). The summed E-state index contributed by atoms with van der Waals surface area (Å²) in [5, 5.41) is 0.594. The lowest BCUT2D eigenvalue weighted by atomic mass is 10.0. The van der Waals surface area contributed by atoms with Crippen molar-refractivity contribution in [2.75, 3.05) is 19.3 Å². The third-order valence-corrected chi connectivity index (χ3v) is 5.91. The van der Waals surface area contributed by atoms with Crippen LogP contribution in [0.25, 0.3) is 0 Å². The zero-order chi connectivity index (χ0) is 16.2. The van der Waals surface area contributed by atoms with Crippen molar-refractivity contribution in [1.29, 1.82) is 0 Å². The Morgan fingerprint density at radius 2 is 1.81 bits per heavy atom. The number of halogens is 2. The minimum absolute atomic E-state index is 0.0337. The molecular formula is C15H23Cl2NO2S. The second-order valence-corrected chi connectivity index (χ2v) is 8.77. The highest BCUT2D eigenvalue weighted by atomic mass is 35.5. The molecule has 0 aromatic heterocycles. The standard InChI is InChI=1S/C15H23Cl2NO2S/c1-11(2)9-12(3)18(4)7-8-21(19,20)15-10-13(16)5-6-14(15)17/h5-6,10-12H,7-9H2,1-4H3. The summed E-state index contributed by atoms with van der Waals surface area (Å²) in [6.07, 6.45) is 1.04. The molecule has 0 N–H and O–H groups in total. The molecule has 0 fully saturated rings. The number of hydrogen-bond donors (Lipinski definition) is 0. The van der Waals surface area contributed by atoms with Gasteiger partial charge >= 0.3 is 0 Å². The Kier molecular flexibility index (Phi) is 6.98. The first-order valence-corrected chi connectivity index (χ1v) is 9.42. The van der Waals surface area contributed by atoms with Gasteiger partial charge in [-0.05, 0) is 44.5 Å². The van der Waals surface area contributed by atoms with Crippen molar-refractivity contribution in [3.8, 4) is 0 Å². The van der Waals surface area contributed by atoms with Gasteiger partial charge in [0.1, 0.15) is 0 Å². The van der Waals surface area contributed by atoms with E-state index in [0.29, 0.717) is 23.5 Å². The summed E-state index contributed by atoms with van der Waals surface area (Å²) >= 11 is 11.8. The van der Waals surface area contributed by atoms with Gasteiger partial charge in [-0.3, -0.25) is 0 Å². The molecule has 6 heteroatoms. The van der Waals surface area contributed by atoms with E-state index in [0.717, 1.165) is 6.42 Å². The Morgan fingerprint density at radius 1 is 1.19 bits per heavy atom. The third-order valence-electron chi connectivity index (χ3n) is 3.51. The fraction of sp³-hybridized carbons (Fsp3) is 0.600. The quantitative estimate of drug-likeness (QED) is 0.740. The highest BCUT2D eigenvalue weighted by molar-refractivity contribution is 7.91. The molecule has 0 aliphatic carbocycles. The average molecular weight is 352 g/mol.